The second kappa shape index (κ2) is 7.87. The van der Waals surface area contributed by atoms with Crippen molar-refractivity contribution in [3.8, 4) is 5.75 Å². The molecule has 152 valence electrons. The van der Waals surface area contributed by atoms with Gasteiger partial charge in [-0.2, -0.15) is 0 Å². The van der Waals surface area contributed by atoms with Crippen molar-refractivity contribution in [1.29, 1.82) is 5.41 Å². The van der Waals surface area contributed by atoms with E-state index >= 15 is 0 Å². The number of hydrogen-bond acceptors (Lipinski definition) is 5. The van der Waals surface area contributed by atoms with E-state index in [4.69, 9.17) is 15.9 Å². The van der Waals surface area contributed by atoms with E-state index in [9.17, 15) is 9.59 Å². The van der Waals surface area contributed by atoms with Crippen molar-refractivity contribution < 1.29 is 14.3 Å². The lowest BCUT2D eigenvalue weighted by Crippen LogP contribution is -2.37. The number of amides is 2. The molecule has 0 aromatic heterocycles. The number of nitrogen functional groups attached to an aromatic ring is 1. The molecule has 0 bridgehead atoms. The van der Waals surface area contributed by atoms with Gasteiger partial charge in [-0.05, 0) is 35.4 Å². The van der Waals surface area contributed by atoms with E-state index in [-0.39, 0.29) is 17.5 Å². The molecule has 0 aliphatic carbocycles. The lowest BCUT2D eigenvalue weighted by molar-refractivity contribution is -0.122. The molecule has 0 radical (unpaired) electrons. The Morgan fingerprint density at radius 2 is 1.93 bits per heavy atom. The highest BCUT2D eigenvalue weighted by Crippen LogP contribution is 2.35. The van der Waals surface area contributed by atoms with E-state index in [1.807, 2.05) is 42.5 Å². The zero-order chi connectivity index (χ0) is 21.3. The van der Waals surface area contributed by atoms with Crippen molar-refractivity contribution in [2.75, 3.05) is 18.2 Å². The van der Waals surface area contributed by atoms with Crippen LogP contribution < -0.4 is 21.1 Å². The molecular formula is C23H22N4O3. The second-order valence-corrected chi connectivity index (χ2v) is 7.20. The number of carbonyl (C=O) groups is 2. The fraction of sp³-hybridized carbons (Fsp3) is 0.174. The summed E-state index contributed by atoms with van der Waals surface area (Å²) in [6.45, 7) is 0. The molecule has 3 aromatic rings. The Morgan fingerprint density at radius 3 is 2.63 bits per heavy atom. The molecule has 7 nitrogen and oxygen atoms in total. The Hall–Kier alpha value is -3.87. The van der Waals surface area contributed by atoms with Crippen LogP contribution in [0.2, 0.25) is 0 Å². The van der Waals surface area contributed by atoms with Gasteiger partial charge in [0, 0.05) is 17.7 Å². The van der Waals surface area contributed by atoms with Crippen LogP contribution in [0.4, 0.5) is 11.4 Å². The minimum atomic E-state index is -0.580. The molecule has 1 atom stereocenters. The SMILES string of the molecule is COc1c(NC(=O)C2CCC(=O)N2)ccc(N)c1C(=N)c1ccc2ccccc2c1. The van der Waals surface area contributed by atoms with Crippen LogP contribution in [0.5, 0.6) is 5.75 Å². The van der Waals surface area contributed by atoms with Gasteiger partial charge in [0.2, 0.25) is 11.8 Å². The average molecular weight is 402 g/mol. The highest BCUT2D eigenvalue weighted by molar-refractivity contribution is 6.18. The van der Waals surface area contributed by atoms with Crippen molar-refractivity contribution in [2.24, 2.45) is 0 Å². The maximum absolute atomic E-state index is 12.5. The van der Waals surface area contributed by atoms with E-state index in [1.54, 1.807) is 12.1 Å². The van der Waals surface area contributed by atoms with Crippen LogP contribution >= 0.6 is 0 Å². The summed E-state index contributed by atoms with van der Waals surface area (Å²) in [5.41, 5.74) is 8.25. The number of hydrogen-bond donors (Lipinski definition) is 4. The molecule has 1 saturated heterocycles. The van der Waals surface area contributed by atoms with E-state index in [1.165, 1.54) is 7.11 Å². The minimum absolute atomic E-state index is 0.141. The second-order valence-electron chi connectivity index (χ2n) is 7.20. The first kappa shape index (κ1) is 19.4. The van der Waals surface area contributed by atoms with Gasteiger partial charge in [0.05, 0.1) is 24.1 Å². The Morgan fingerprint density at radius 1 is 1.17 bits per heavy atom. The lowest BCUT2D eigenvalue weighted by Gasteiger charge is -2.18. The van der Waals surface area contributed by atoms with Gasteiger partial charge in [-0.1, -0.05) is 36.4 Å². The maximum atomic E-state index is 12.5. The topological polar surface area (TPSA) is 117 Å². The maximum Gasteiger partial charge on any atom is 0.247 e. The van der Waals surface area contributed by atoms with Crippen LogP contribution in [0.25, 0.3) is 10.8 Å². The molecule has 1 heterocycles. The average Bonchev–Trinajstić information content (AvgIpc) is 3.20. The van der Waals surface area contributed by atoms with E-state index < -0.39 is 6.04 Å². The van der Waals surface area contributed by atoms with Gasteiger partial charge in [0.25, 0.3) is 0 Å². The molecule has 1 fully saturated rings. The number of fused-ring (bicyclic) bond motifs is 1. The van der Waals surface area contributed by atoms with Crippen LogP contribution in [0.3, 0.4) is 0 Å². The fourth-order valence-corrected chi connectivity index (χ4v) is 3.69. The number of nitrogens with two attached hydrogens (primary N) is 1. The quantitative estimate of drug-likeness (QED) is 0.387. The summed E-state index contributed by atoms with van der Waals surface area (Å²) in [5.74, 6) is -0.156. The number of nitrogens with one attached hydrogen (secondary N) is 3. The highest BCUT2D eigenvalue weighted by Gasteiger charge is 2.28. The molecule has 30 heavy (non-hydrogen) atoms. The Balaban J connectivity index is 1.69. The van der Waals surface area contributed by atoms with Gasteiger partial charge < -0.3 is 21.1 Å². The molecule has 0 saturated carbocycles. The zero-order valence-corrected chi connectivity index (χ0v) is 16.5. The number of rotatable bonds is 5. The molecule has 3 aromatic carbocycles. The summed E-state index contributed by atoms with van der Waals surface area (Å²) in [4.78, 5) is 24.0. The number of methoxy groups -OCH3 is 1. The summed E-state index contributed by atoms with van der Waals surface area (Å²) < 4.78 is 5.55. The number of anilines is 2. The lowest BCUT2D eigenvalue weighted by atomic mass is 9.96. The Labute approximate surface area is 173 Å². The first-order valence-electron chi connectivity index (χ1n) is 9.62. The number of benzene rings is 3. The van der Waals surface area contributed by atoms with Crippen LogP contribution in [-0.4, -0.2) is 30.7 Å². The van der Waals surface area contributed by atoms with Crippen molar-refractivity contribution >= 4 is 39.7 Å². The molecule has 1 unspecified atom stereocenters. The molecule has 2 amide bonds. The molecule has 1 aliphatic heterocycles. The molecule has 4 rings (SSSR count). The standard InChI is InChI=1S/C23H22N4O3/c1-30-22-17(27-23(29)18-10-11-19(28)26-18)9-8-16(24)20(22)21(25)15-7-6-13-4-2-3-5-14(13)12-15/h2-9,12,18,25H,10-11,24H2,1H3,(H,26,28)(H,27,29). The smallest absolute Gasteiger partial charge is 0.247 e. The fourth-order valence-electron chi connectivity index (χ4n) is 3.69. The van der Waals surface area contributed by atoms with Crippen LogP contribution in [0.15, 0.2) is 54.6 Å². The van der Waals surface area contributed by atoms with Gasteiger partial charge in [0.15, 0.2) is 5.75 Å². The molecule has 7 heteroatoms. The summed E-state index contributed by atoms with van der Waals surface area (Å²) >= 11 is 0. The zero-order valence-electron chi connectivity index (χ0n) is 16.5. The van der Waals surface area contributed by atoms with E-state index in [2.05, 4.69) is 10.6 Å². The summed E-state index contributed by atoms with van der Waals surface area (Å²) in [7, 11) is 1.47. The summed E-state index contributed by atoms with van der Waals surface area (Å²) in [6, 6.07) is 16.3. The molecular weight excluding hydrogens is 380 g/mol. The van der Waals surface area contributed by atoms with Crippen LogP contribution in [0.1, 0.15) is 24.0 Å². The van der Waals surface area contributed by atoms with Crippen molar-refractivity contribution in [1.82, 2.24) is 5.32 Å². The molecule has 0 spiro atoms. The minimum Gasteiger partial charge on any atom is -0.494 e. The van der Waals surface area contributed by atoms with Gasteiger partial charge in [-0.3, -0.25) is 15.0 Å². The van der Waals surface area contributed by atoms with Crippen LogP contribution in [0, 0.1) is 5.41 Å². The van der Waals surface area contributed by atoms with Gasteiger partial charge in [0.1, 0.15) is 6.04 Å². The van der Waals surface area contributed by atoms with E-state index in [0.717, 1.165) is 10.8 Å². The van der Waals surface area contributed by atoms with Crippen molar-refractivity contribution in [3.05, 3.63) is 65.7 Å². The third-order valence-electron chi connectivity index (χ3n) is 5.25. The summed E-state index contributed by atoms with van der Waals surface area (Å²) in [6.07, 6.45) is 0.774. The number of ether oxygens (including phenoxy) is 1. The first-order chi connectivity index (χ1) is 14.5. The third-order valence-corrected chi connectivity index (χ3v) is 5.25. The Bertz CT molecular complexity index is 1170. The van der Waals surface area contributed by atoms with Crippen LogP contribution in [-0.2, 0) is 9.59 Å². The number of carbonyl (C=O) groups excluding carboxylic acids is 2. The highest BCUT2D eigenvalue weighted by atomic mass is 16.5. The normalized spacial score (nSPS) is 15.6. The molecule has 1 aliphatic rings. The summed E-state index contributed by atoms with van der Waals surface area (Å²) in [5, 5.41) is 16.3. The monoisotopic (exact) mass is 402 g/mol. The third kappa shape index (κ3) is 3.57. The van der Waals surface area contributed by atoms with Gasteiger partial charge in [-0.15, -0.1) is 0 Å². The predicted octanol–water partition coefficient (Wildman–Crippen LogP) is 3.06. The first-order valence-corrected chi connectivity index (χ1v) is 9.62. The Kier molecular flexibility index (Phi) is 5.10. The predicted molar refractivity (Wildman–Crippen MR) is 117 cm³/mol. The largest absolute Gasteiger partial charge is 0.494 e. The van der Waals surface area contributed by atoms with E-state index in [0.29, 0.717) is 41.1 Å². The van der Waals surface area contributed by atoms with Gasteiger partial charge in [-0.25, -0.2) is 0 Å². The van der Waals surface area contributed by atoms with Gasteiger partial charge >= 0.3 is 0 Å². The van der Waals surface area contributed by atoms with Crippen molar-refractivity contribution in [2.45, 2.75) is 18.9 Å². The molecule has 5 N–H and O–H groups in total. The van der Waals surface area contributed by atoms with Crippen molar-refractivity contribution in [3.63, 3.8) is 0 Å².